The number of esters is 1. The first kappa shape index (κ1) is 13.6. The number of piperidine rings is 1. The van der Waals surface area contributed by atoms with E-state index in [1.807, 2.05) is 18.2 Å². The van der Waals surface area contributed by atoms with Gasteiger partial charge in [0, 0.05) is 0 Å². The van der Waals surface area contributed by atoms with Crippen molar-refractivity contribution in [2.45, 2.75) is 37.5 Å². The molecule has 20 heavy (non-hydrogen) atoms. The van der Waals surface area contributed by atoms with Gasteiger partial charge in [-0.05, 0) is 50.3 Å². The van der Waals surface area contributed by atoms with E-state index in [9.17, 15) is 4.79 Å². The molecule has 3 nitrogen and oxygen atoms in total. The summed E-state index contributed by atoms with van der Waals surface area (Å²) in [5.41, 5.74) is 0.677. The average molecular weight is 273 g/mol. The Morgan fingerprint density at radius 2 is 1.90 bits per heavy atom. The normalized spacial score (nSPS) is 22.0. The zero-order chi connectivity index (χ0) is 13.8. The smallest absolute Gasteiger partial charge is 0.316 e. The molecule has 1 aliphatic heterocycles. The van der Waals surface area contributed by atoms with Gasteiger partial charge in [0.2, 0.25) is 0 Å². The summed E-state index contributed by atoms with van der Waals surface area (Å²) >= 11 is 0. The van der Waals surface area contributed by atoms with Crippen LogP contribution < -0.4 is 5.32 Å². The molecule has 1 heterocycles. The van der Waals surface area contributed by atoms with Gasteiger partial charge in [-0.25, -0.2) is 0 Å². The molecule has 2 aliphatic rings. The molecule has 1 aliphatic carbocycles. The van der Waals surface area contributed by atoms with Gasteiger partial charge in [0.1, 0.15) is 0 Å². The molecule has 1 aromatic rings. The van der Waals surface area contributed by atoms with Gasteiger partial charge in [-0.15, -0.1) is 0 Å². The Bertz CT molecular complexity index is 447. The summed E-state index contributed by atoms with van der Waals surface area (Å²) in [5, 5.41) is 3.34. The molecule has 2 fully saturated rings. The third-order valence-corrected chi connectivity index (χ3v) is 4.85. The Labute approximate surface area is 120 Å². The molecule has 0 amide bonds. The zero-order valence-electron chi connectivity index (χ0n) is 11.9. The van der Waals surface area contributed by atoms with Crippen molar-refractivity contribution in [3.8, 4) is 0 Å². The van der Waals surface area contributed by atoms with E-state index in [0.29, 0.717) is 12.5 Å². The van der Waals surface area contributed by atoms with E-state index in [1.165, 1.54) is 19.3 Å². The maximum Gasteiger partial charge on any atom is 0.316 e. The lowest BCUT2D eigenvalue weighted by atomic mass is 9.73. The number of nitrogens with one attached hydrogen (secondary N) is 1. The second-order valence-electron chi connectivity index (χ2n) is 6.09. The molecule has 0 bridgehead atoms. The molecule has 1 saturated carbocycles. The van der Waals surface area contributed by atoms with Gasteiger partial charge in [-0.1, -0.05) is 36.8 Å². The average Bonchev–Trinajstić information content (AvgIpc) is 2.47. The fourth-order valence-corrected chi connectivity index (χ4v) is 3.21. The van der Waals surface area contributed by atoms with Crippen LogP contribution in [0.1, 0.15) is 37.7 Å². The van der Waals surface area contributed by atoms with Crippen molar-refractivity contribution in [3.63, 3.8) is 0 Å². The van der Waals surface area contributed by atoms with E-state index in [-0.39, 0.29) is 5.97 Å². The molecule has 0 unspecified atom stereocenters. The van der Waals surface area contributed by atoms with Gasteiger partial charge < -0.3 is 10.1 Å². The fraction of sp³-hybridized carbons (Fsp3) is 0.588. The van der Waals surface area contributed by atoms with Gasteiger partial charge in [0.15, 0.2) is 0 Å². The quantitative estimate of drug-likeness (QED) is 0.857. The van der Waals surface area contributed by atoms with Gasteiger partial charge in [0.25, 0.3) is 0 Å². The minimum atomic E-state index is -0.434. The van der Waals surface area contributed by atoms with Gasteiger partial charge >= 0.3 is 5.97 Å². The Balaban J connectivity index is 1.76. The maximum absolute atomic E-state index is 12.7. The van der Waals surface area contributed by atoms with Crippen molar-refractivity contribution in [1.29, 1.82) is 0 Å². The van der Waals surface area contributed by atoms with Gasteiger partial charge in [-0.2, -0.15) is 0 Å². The van der Waals surface area contributed by atoms with Crippen molar-refractivity contribution < 1.29 is 9.53 Å². The molecular weight excluding hydrogens is 250 g/mol. The van der Waals surface area contributed by atoms with Crippen LogP contribution in [0, 0.1) is 5.92 Å². The highest BCUT2D eigenvalue weighted by molar-refractivity contribution is 5.83. The predicted octanol–water partition coefficient (Wildman–Crippen LogP) is 2.65. The minimum Gasteiger partial charge on any atom is -0.465 e. The highest BCUT2D eigenvalue weighted by Crippen LogP contribution is 2.35. The van der Waals surface area contributed by atoms with Crippen molar-refractivity contribution >= 4 is 5.97 Å². The number of carbonyl (C=O) groups excluding carboxylic acids is 1. The molecule has 3 rings (SSSR count). The number of benzene rings is 1. The Kier molecular flexibility index (Phi) is 4.06. The summed E-state index contributed by atoms with van der Waals surface area (Å²) in [6, 6.07) is 10.2. The van der Waals surface area contributed by atoms with Crippen molar-refractivity contribution in [2.75, 3.05) is 19.7 Å². The molecule has 3 heteroatoms. The first-order chi connectivity index (χ1) is 9.81. The number of carbonyl (C=O) groups is 1. The van der Waals surface area contributed by atoms with E-state index >= 15 is 0 Å². The van der Waals surface area contributed by atoms with Crippen LogP contribution in [0.2, 0.25) is 0 Å². The molecule has 1 saturated heterocycles. The molecule has 1 aromatic carbocycles. The number of ether oxygens (including phenoxy) is 1. The van der Waals surface area contributed by atoms with Crippen molar-refractivity contribution in [2.24, 2.45) is 5.92 Å². The van der Waals surface area contributed by atoms with Crippen molar-refractivity contribution in [1.82, 2.24) is 5.32 Å². The standard InChI is InChI=1S/C17H23NO2/c19-16(20-13-14-5-4-6-14)17(9-11-18-12-10-17)15-7-2-1-3-8-15/h1-3,7-8,14,18H,4-6,9-13H2. The van der Waals surface area contributed by atoms with Crippen LogP contribution in [-0.4, -0.2) is 25.7 Å². The zero-order valence-corrected chi connectivity index (χ0v) is 11.9. The molecule has 0 aromatic heterocycles. The molecule has 0 radical (unpaired) electrons. The second kappa shape index (κ2) is 5.96. The Hall–Kier alpha value is -1.35. The van der Waals surface area contributed by atoms with Crippen LogP contribution in [0.3, 0.4) is 0 Å². The van der Waals surface area contributed by atoms with Crippen LogP contribution >= 0.6 is 0 Å². The summed E-state index contributed by atoms with van der Waals surface area (Å²) in [4.78, 5) is 12.7. The van der Waals surface area contributed by atoms with Crippen LogP contribution in [0.25, 0.3) is 0 Å². The third-order valence-electron chi connectivity index (χ3n) is 4.85. The lowest BCUT2D eigenvalue weighted by Gasteiger charge is -2.36. The van der Waals surface area contributed by atoms with E-state index in [4.69, 9.17) is 4.74 Å². The predicted molar refractivity (Wildman–Crippen MR) is 78.5 cm³/mol. The first-order valence-electron chi connectivity index (χ1n) is 7.75. The summed E-state index contributed by atoms with van der Waals surface area (Å²) in [5.74, 6) is 0.589. The highest BCUT2D eigenvalue weighted by Gasteiger charge is 2.42. The maximum atomic E-state index is 12.7. The number of rotatable bonds is 4. The minimum absolute atomic E-state index is 0.0166. The third kappa shape index (κ3) is 2.59. The number of hydrogen-bond donors (Lipinski definition) is 1. The summed E-state index contributed by atoms with van der Waals surface area (Å²) in [7, 11) is 0. The monoisotopic (exact) mass is 273 g/mol. The lowest BCUT2D eigenvalue weighted by Crippen LogP contribution is -2.47. The molecular formula is C17H23NO2. The molecule has 0 spiro atoms. The fourth-order valence-electron chi connectivity index (χ4n) is 3.21. The van der Waals surface area contributed by atoms with Crippen molar-refractivity contribution in [3.05, 3.63) is 35.9 Å². The number of hydrogen-bond acceptors (Lipinski definition) is 3. The largest absolute Gasteiger partial charge is 0.465 e. The Morgan fingerprint density at radius 1 is 1.20 bits per heavy atom. The highest BCUT2D eigenvalue weighted by atomic mass is 16.5. The van der Waals surface area contributed by atoms with E-state index in [1.54, 1.807) is 0 Å². The Morgan fingerprint density at radius 3 is 2.50 bits per heavy atom. The summed E-state index contributed by atoms with van der Waals surface area (Å²) in [6.45, 7) is 2.38. The molecule has 1 N–H and O–H groups in total. The lowest BCUT2D eigenvalue weighted by molar-refractivity contribution is -0.154. The van der Waals surface area contributed by atoms with E-state index in [0.717, 1.165) is 31.5 Å². The second-order valence-corrected chi connectivity index (χ2v) is 6.09. The van der Waals surface area contributed by atoms with E-state index < -0.39 is 5.41 Å². The topological polar surface area (TPSA) is 38.3 Å². The van der Waals surface area contributed by atoms with Gasteiger partial charge in [-0.3, -0.25) is 4.79 Å². The molecule has 0 atom stereocenters. The van der Waals surface area contributed by atoms with Crippen LogP contribution in [0.15, 0.2) is 30.3 Å². The van der Waals surface area contributed by atoms with E-state index in [2.05, 4.69) is 17.4 Å². The SMILES string of the molecule is O=C(OCC1CCC1)C1(c2ccccc2)CCNCC1. The van der Waals surface area contributed by atoms with Gasteiger partial charge in [0.05, 0.1) is 12.0 Å². The van der Waals surface area contributed by atoms with Crippen LogP contribution in [-0.2, 0) is 14.9 Å². The van der Waals surface area contributed by atoms with Crippen LogP contribution in [0.5, 0.6) is 0 Å². The molecule has 108 valence electrons. The summed E-state index contributed by atoms with van der Waals surface area (Å²) in [6.07, 6.45) is 5.39. The summed E-state index contributed by atoms with van der Waals surface area (Å²) < 4.78 is 5.68. The van der Waals surface area contributed by atoms with Crippen LogP contribution in [0.4, 0.5) is 0 Å². The first-order valence-corrected chi connectivity index (χ1v) is 7.75.